The van der Waals surface area contributed by atoms with E-state index >= 15 is 8.78 Å². The second kappa shape index (κ2) is 37.7. The van der Waals surface area contributed by atoms with Crippen LogP contribution in [-0.4, -0.2) is 65.8 Å². The number of aromatic nitrogens is 2. The number of nitrogen functional groups attached to an aromatic ring is 1. The first kappa shape index (κ1) is 62.3. The highest BCUT2D eigenvalue weighted by atomic mass is 31.2. The van der Waals surface area contributed by atoms with Gasteiger partial charge in [0.15, 0.2) is 6.10 Å². The first-order chi connectivity index (χ1) is 34.3. The summed E-state index contributed by atoms with van der Waals surface area (Å²) in [7, 11) is -4.87. The Bertz CT molecular complexity index is 1710. The van der Waals surface area contributed by atoms with E-state index in [4.69, 9.17) is 38.3 Å². The second-order valence-electron chi connectivity index (χ2n) is 20.0. The number of esters is 3. The normalized spacial score (nSPS) is 25.7. The van der Waals surface area contributed by atoms with Crippen LogP contribution in [0.2, 0.25) is 0 Å². The molecule has 0 saturated carbocycles. The quantitative estimate of drug-likeness (QED) is 0.0573. The summed E-state index contributed by atoms with van der Waals surface area (Å²) in [5.74, 6) is -5.62. The number of alkyl halides is 2. The first-order valence-corrected chi connectivity index (χ1v) is 29.2. The van der Waals surface area contributed by atoms with Gasteiger partial charge in [-0.25, -0.2) is 18.4 Å². The van der Waals surface area contributed by atoms with Crippen LogP contribution in [0.4, 0.5) is 14.6 Å². The largest absolute Gasteiger partial charge is 0.480 e. The third-order valence-electron chi connectivity index (χ3n) is 13.6. The van der Waals surface area contributed by atoms with E-state index in [0.29, 0.717) is 30.3 Å². The van der Waals surface area contributed by atoms with Crippen LogP contribution in [0.5, 0.6) is 0 Å². The molecule has 1 aromatic heterocycles. The lowest BCUT2D eigenvalue weighted by Gasteiger charge is -2.25. The van der Waals surface area contributed by atoms with E-state index in [2.05, 4.69) is 18.8 Å². The van der Waals surface area contributed by atoms with E-state index in [9.17, 15) is 23.7 Å². The molecule has 71 heavy (non-hydrogen) atoms. The van der Waals surface area contributed by atoms with Crippen molar-refractivity contribution in [2.45, 2.75) is 269 Å². The van der Waals surface area contributed by atoms with Crippen molar-refractivity contribution in [3.8, 4) is 0 Å². The molecule has 18 heteroatoms. The SMILES string of the molecule is CCCCCCCCCCCCC(=O)OCOP1(=O)OCOC(=O)CCCCCCCCCCC(C)CCCCCCCCCCCCCCCC(=O)O[C@@H]2[C@@H](CO1)O[C@@H](n1ccc(N)nc1=O)C2(F)F. The number of hydrogen-bond acceptors (Lipinski definition) is 14. The smallest absolute Gasteiger partial charge is 0.453 e. The van der Waals surface area contributed by atoms with Gasteiger partial charge in [0, 0.05) is 25.5 Å². The lowest BCUT2D eigenvalue weighted by Crippen LogP contribution is -2.44. The van der Waals surface area contributed by atoms with Crippen LogP contribution >= 0.6 is 7.82 Å². The Morgan fingerprint density at radius 2 is 1.23 bits per heavy atom. The third-order valence-corrected chi connectivity index (χ3v) is 14.9. The molecule has 2 unspecified atom stereocenters. The van der Waals surface area contributed by atoms with Crippen molar-refractivity contribution >= 4 is 31.5 Å². The maximum Gasteiger partial charge on any atom is 0.480 e. The fourth-order valence-corrected chi connectivity index (χ4v) is 10.1. The van der Waals surface area contributed by atoms with Crippen molar-refractivity contribution in [1.29, 1.82) is 0 Å². The summed E-state index contributed by atoms with van der Waals surface area (Å²) in [6.07, 6.45) is 30.5. The molecule has 2 fully saturated rings. The molecule has 1 aromatic rings. The second-order valence-corrected chi connectivity index (χ2v) is 21.6. The number of ether oxygens (including phenoxy) is 4. The van der Waals surface area contributed by atoms with Crippen molar-refractivity contribution < 1.29 is 60.2 Å². The predicted octanol–water partition coefficient (Wildman–Crippen LogP) is 14.1. The van der Waals surface area contributed by atoms with Gasteiger partial charge in [-0.3, -0.25) is 23.5 Å². The maximum absolute atomic E-state index is 16.3. The predicted molar refractivity (Wildman–Crippen MR) is 270 cm³/mol. The Labute approximate surface area is 424 Å². The van der Waals surface area contributed by atoms with Crippen LogP contribution in [-0.2, 0) is 51.5 Å². The number of cyclic esters (lactones) is 1. The van der Waals surface area contributed by atoms with Gasteiger partial charge in [0.05, 0.1) is 6.61 Å². The van der Waals surface area contributed by atoms with E-state index < -0.39 is 76.0 Å². The zero-order valence-corrected chi connectivity index (χ0v) is 44.5. The molecule has 0 spiro atoms. The summed E-state index contributed by atoms with van der Waals surface area (Å²) in [6.45, 7) is 1.82. The fraction of sp³-hybridized carbons (Fsp3) is 0.868. The van der Waals surface area contributed by atoms with Gasteiger partial charge in [-0.1, -0.05) is 206 Å². The van der Waals surface area contributed by atoms with Crippen LogP contribution < -0.4 is 11.4 Å². The zero-order chi connectivity index (χ0) is 51.4. The summed E-state index contributed by atoms with van der Waals surface area (Å²) in [5, 5.41) is 0. The average molecular weight is 1030 g/mol. The van der Waals surface area contributed by atoms with Gasteiger partial charge in [-0.2, -0.15) is 13.8 Å². The molecular weight excluding hydrogens is 940 g/mol. The van der Waals surface area contributed by atoms with Gasteiger partial charge in [0.25, 0.3) is 0 Å². The highest BCUT2D eigenvalue weighted by Gasteiger charge is 2.63. The van der Waals surface area contributed by atoms with Crippen LogP contribution in [0, 0.1) is 5.92 Å². The molecule has 3 rings (SSSR count). The summed E-state index contributed by atoms with van der Waals surface area (Å²) in [5.41, 5.74) is 4.46. The summed E-state index contributed by atoms with van der Waals surface area (Å²) < 4.78 is 84.6. The van der Waals surface area contributed by atoms with Gasteiger partial charge >= 0.3 is 37.3 Å². The van der Waals surface area contributed by atoms with Gasteiger partial charge in [0.1, 0.15) is 11.9 Å². The molecule has 2 aliphatic heterocycles. The molecule has 15 nitrogen and oxygen atoms in total. The van der Waals surface area contributed by atoms with Gasteiger partial charge in [0.2, 0.25) is 19.8 Å². The third kappa shape index (κ3) is 27.8. The number of phosphoric acid groups is 1. The molecule has 0 bridgehead atoms. The van der Waals surface area contributed by atoms with Gasteiger partial charge in [-0.15, -0.1) is 0 Å². The minimum atomic E-state index is -4.87. The Kier molecular flexibility index (Phi) is 33.1. The first-order valence-electron chi connectivity index (χ1n) is 27.8. The van der Waals surface area contributed by atoms with Crippen LogP contribution in [0.25, 0.3) is 0 Å². The molecule has 3 heterocycles. The van der Waals surface area contributed by atoms with Crippen LogP contribution in [0.3, 0.4) is 0 Å². The van der Waals surface area contributed by atoms with E-state index in [1.807, 2.05) is 0 Å². The molecule has 0 aliphatic carbocycles. The molecule has 2 N–H and O–H groups in total. The number of carbonyl (C=O) groups is 3. The highest BCUT2D eigenvalue weighted by Crippen LogP contribution is 2.51. The summed E-state index contributed by atoms with van der Waals surface area (Å²) >= 11 is 0. The lowest BCUT2D eigenvalue weighted by molar-refractivity contribution is -0.176. The van der Waals surface area contributed by atoms with Crippen LogP contribution in [0.1, 0.15) is 251 Å². The minimum Gasteiger partial charge on any atom is -0.453 e. The average Bonchev–Trinajstić information content (AvgIpc) is 3.57. The van der Waals surface area contributed by atoms with E-state index in [1.54, 1.807) is 0 Å². The number of nitrogens with zero attached hydrogens (tertiary/aromatic N) is 2. The Balaban J connectivity index is 1.65. The molecule has 2 aliphatic rings. The number of anilines is 1. The molecular formula is C53H92F2N3O12P. The number of carbonyl (C=O) groups excluding carboxylic acids is 3. The maximum atomic E-state index is 16.3. The number of hydrogen-bond donors (Lipinski definition) is 1. The number of unbranched alkanes of at least 4 members (excludes halogenated alkanes) is 9. The number of rotatable bonds is 15. The van der Waals surface area contributed by atoms with Crippen molar-refractivity contribution in [2.75, 3.05) is 25.9 Å². The standard InChI is InChI=1S/C53H92F2N3O12P/c1-3-4-5-6-7-8-15-21-26-31-36-47(59)64-42-67-71(63)66-41-45-50(53(54,55)51(69-45)58-40-39-46(56)57-52(58)62)70-49(61)38-33-28-23-16-13-11-9-10-12-14-19-24-29-34-44(2)35-30-25-20-17-18-22-27-32-37-48(60)65-43-68-71/h39-40,44-45,50-51H,3-38,41-43H2,1-2H3,(H2,56,57,62)/t44?,45-,50-,51-,71?/m1/s1. The highest BCUT2D eigenvalue weighted by molar-refractivity contribution is 7.48. The van der Waals surface area contributed by atoms with E-state index in [0.717, 1.165) is 95.2 Å². The molecule has 0 amide bonds. The Morgan fingerprint density at radius 1 is 0.732 bits per heavy atom. The molecule has 410 valence electrons. The lowest BCUT2D eigenvalue weighted by atomic mass is 9.95. The number of nitrogens with two attached hydrogens (primary N) is 1. The van der Waals surface area contributed by atoms with Crippen molar-refractivity contribution in [3.63, 3.8) is 0 Å². The molecule has 5 atom stereocenters. The molecule has 2 saturated heterocycles. The zero-order valence-electron chi connectivity index (χ0n) is 43.6. The minimum absolute atomic E-state index is 0.0849. The number of phosphoric ester groups is 1. The summed E-state index contributed by atoms with van der Waals surface area (Å²) in [4.78, 5) is 54.7. The van der Waals surface area contributed by atoms with E-state index in [-0.39, 0.29) is 25.1 Å². The van der Waals surface area contributed by atoms with E-state index in [1.165, 1.54) is 109 Å². The Hall–Kier alpha value is -2.98. The summed E-state index contributed by atoms with van der Waals surface area (Å²) in [6, 6.07) is 1.13. The van der Waals surface area contributed by atoms with Gasteiger partial charge in [-0.05, 0) is 31.2 Å². The van der Waals surface area contributed by atoms with Crippen molar-refractivity contribution in [3.05, 3.63) is 22.7 Å². The number of fused-ring (bicyclic) bond motifs is 1. The van der Waals surface area contributed by atoms with Crippen molar-refractivity contribution in [2.24, 2.45) is 5.92 Å². The topological polar surface area (TPSA) is 194 Å². The monoisotopic (exact) mass is 1030 g/mol. The molecule has 0 aromatic carbocycles. The van der Waals surface area contributed by atoms with Gasteiger partial charge < -0.3 is 24.7 Å². The Morgan fingerprint density at radius 3 is 1.76 bits per heavy atom. The number of halogens is 2. The van der Waals surface area contributed by atoms with Crippen molar-refractivity contribution in [1.82, 2.24) is 9.55 Å². The molecule has 0 radical (unpaired) electrons. The van der Waals surface area contributed by atoms with Crippen LogP contribution in [0.15, 0.2) is 17.1 Å². The fourth-order valence-electron chi connectivity index (χ4n) is 9.22.